The van der Waals surface area contributed by atoms with Gasteiger partial charge in [-0.1, -0.05) is 29.3 Å². The zero-order valence-corrected chi connectivity index (χ0v) is 14.6. The normalized spacial score (nSPS) is 11.5. The van der Waals surface area contributed by atoms with E-state index in [-0.39, 0.29) is 11.8 Å². The van der Waals surface area contributed by atoms with Gasteiger partial charge in [-0.25, -0.2) is 0 Å². The second-order valence-corrected chi connectivity index (χ2v) is 5.93. The Morgan fingerprint density at radius 2 is 1.71 bits per heavy atom. The van der Waals surface area contributed by atoms with Crippen LogP contribution in [0.4, 0.5) is 11.4 Å². The van der Waals surface area contributed by atoms with Crippen LogP contribution in [0.3, 0.4) is 0 Å². The van der Waals surface area contributed by atoms with Gasteiger partial charge in [0.15, 0.2) is 6.10 Å². The first kappa shape index (κ1) is 18.1. The monoisotopic (exact) mass is 366 g/mol. The summed E-state index contributed by atoms with van der Waals surface area (Å²) in [6.45, 7) is 3.02. The highest BCUT2D eigenvalue weighted by Crippen LogP contribution is 2.28. The SMILES string of the molecule is CC(=O)Nc1cccc(NC(=O)C(C)Oc2ccc(Cl)cc2Cl)c1. The molecule has 1 atom stereocenters. The zero-order valence-electron chi connectivity index (χ0n) is 13.1. The molecule has 5 nitrogen and oxygen atoms in total. The van der Waals surface area contributed by atoms with Crippen LogP contribution in [-0.2, 0) is 9.59 Å². The van der Waals surface area contributed by atoms with E-state index in [1.54, 1.807) is 49.4 Å². The smallest absolute Gasteiger partial charge is 0.265 e. The fraction of sp³-hybridized carbons (Fsp3) is 0.176. The molecule has 0 bridgehead atoms. The Balaban J connectivity index is 2.02. The van der Waals surface area contributed by atoms with Gasteiger partial charge < -0.3 is 15.4 Å². The number of hydrogen-bond acceptors (Lipinski definition) is 3. The van der Waals surface area contributed by atoms with E-state index in [9.17, 15) is 9.59 Å². The molecule has 2 aromatic rings. The molecule has 2 N–H and O–H groups in total. The second kappa shape index (κ2) is 8.04. The van der Waals surface area contributed by atoms with Gasteiger partial charge in [0, 0.05) is 23.3 Å². The Hall–Kier alpha value is -2.24. The Morgan fingerprint density at radius 3 is 2.33 bits per heavy atom. The maximum absolute atomic E-state index is 12.2. The molecule has 0 saturated heterocycles. The Morgan fingerprint density at radius 1 is 1.04 bits per heavy atom. The lowest BCUT2D eigenvalue weighted by atomic mass is 10.2. The summed E-state index contributed by atoms with van der Waals surface area (Å²) >= 11 is 11.9. The van der Waals surface area contributed by atoms with Crippen LogP contribution in [0.1, 0.15) is 13.8 Å². The lowest BCUT2D eigenvalue weighted by molar-refractivity contribution is -0.122. The highest BCUT2D eigenvalue weighted by atomic mass is 35.5. The molecule has 0 aliphatic rings. The predicted octanol–water partition coefficient (Wildman–Crippen LogP) is 4.36. The third kappa shape index (κ3) is 5.15. The van der Waals surface area contributed by atoms with Crippen molar-refractivity contribution in [3.63, 3.8) is 0 Å². The topological polar surface area (TPSA) is 67.4 Å². The summed E-state index contributed by atoms with van der Waals surface area (Å²) in [5.74, 6) is -0.163. The first-order chi connectivity index (χ1) is 11.3. The molecule has 0 aliphatic carbocycles. The number of carbonyl (C=O) groups excluding carboxylic acids is 2. The first-order valence-electron chi connectivity index (χ1n) is 7.15. The quantitative estimate of drug-likeness (QED) is 0.825. The van der Waals surface area contributed by atoms with Crippen molar-refractivity contribution in [3.8, 4) is 5.75 Å². The van der Waals surface area contributed by atoms with Crippen LogP contribution in [0, 0.1) is 0 Å². The predicted molar refractivity (Wildman–Crippen MR) is 95.9 cm³/mol. The number of rotatable bonds is 5. The van der Waals surface area contributed by atoms with E-state index in [1.165, 1.54) is 6.92 Å². The Kier molecular flexibility index (Phi) is 6.06. The summed E-state index contributed by atoms with van der Waals surface area (Å²) in [6, 6.07) is 11.6. The van der Waals surface area contributed by atoms with Crippen molar-refractivity contribution < 1.29 is 14.3 Å². The number of anilines is 2. The average molecular weight is 367 g/mol. The highest BCUT2D eigenvalue weighted by molar-refractivity contribution is 6.35. The molecule has 0 fully saturated rings. The van der Waals surface area contributed by atoms with Gasteiger partial charge in [-0.15, -0.1) is 0 Å². The molecule has 0 heterocycles. The maximum Gasteiger partial charge on any atom is 0.265 e. The maximum atomic E-state index is 12.2. The fourth-order valence-corrected chi connectivity index (χ4v) is 2.39. The molecule has 24 heavy (non-hydrogen) atoms. The molecule has 0 spiro atoms. The summed E-state index contributed by atoms with van der Waals surface area (Å²) in [7, 11) is 0. The molecule has 0 aromatic heterocycles. The fourth-order valence-electron chi connectivity index (χ4n) is 1.94. The lowest BCUT2D eigenvalue weighted by Crippen LogP contribution is -2.30. The van der Waals surface area contributed by atoms with E-state index in [0.717, 1.165) is 0 Å². The summed E-state index contributed by atoms with van der Waals surface area (Å²) < 4.78 is 5.56. The van der Waals surface area contributed by atoms with Gasteiger partial charge in [0.05, 0.1) is 5.02 Å². The van der Waals surface area contributed by atoms with Crippen molar-refractivity contribution in [1.82, 2.24) is 0 Å². The van der Waals surface area contributed by atoms with Gasteiger partial charge in [0.1, 0.15) is 5.75 Å². The highest BCUT2D eigenvalue weighted by Gasteiger charge is 2.16. The first-order valence-corrected chi connectivity index (χ1v) is 7.91. The van der Waals surface area contributed by atoms with Crippen LogP contribution >= 0.6 is 23.2 Å². The number of hydrogen-bond donors (Lipinski definition) is 2. The number of amides is 2. The summed E-state index contributed by atoms with van der Waals surface area (Å²) in [6.07, 6.45) is -0.770. The molecular formula is C17H16Cl2N2O3. The summed E-state index contributed by atoms with van der Waals surface area (Å²) in [5, 5.41) is 6.18. The van der Waals surface area contributed by atoms with Crippen LogP contribution in [0.2, 0.25) is 10.0 Å². The molecule has 7 heteroatoms. The number of ether oxygens (including phenoxy) is 1. The van der Waals surface area contributed by atoms with Crippen molar-refractivity contribution in [2.75, 3.05) is 10.6 Å². The van der Waals surface area contributed by atoms with Crippen molar-refractivity contribution >= 4 is 46.4 Å². The molecule has 126 valence electrons. The minimum Gasteiger partial charge on any atom is -0.479 e. The Bertz CT molecular complexity index is 765. The number of carbonyl (C=O) groups is 2. The van der Waals surface area contributed by atoms with Gasteiger partial charge in [0.25, 0.3) is 5.91 Å². The molecule has 0 saturated carbocycles. The lowest BCUT2D eigenvalue weighted by Gasteiger charge is -2.16. The van der Waals surface area contributed by atoms with Gasteiger partial charge in [-0.3, -0.25) is 9.59 Å². The molecule has 0 aliphatic heterocycles. The minimum atomic E-state index is -0.770. The van der Waals surface area contributed by atoms with Crippen LogP contribution in [0.5, 0.6) is 5.75 Å². The van der Waals surface area contributed by atoms with Crippen LogP contribution in [-0.4, -0.2) is 17.9 Å². The third-order valence-corrected chi connectivity index (χ3v) is 3.55. The van der Waals surface area contributed by atoms with E-state index < -0.39 is 6.10 Å². The van der Waals surface area contributed by atoms with E-state index >= 15 is 0 Å². The van der Waals surface area contributed by atoms with Crippen LogP contribution in [0.15, 0.2) is 42.5 Å². The van der Waals surface area contributed by atoms with Crippen molar-refractivity contribution in [2.24, 2.45) is 0 Å². The molecule has 0 radical (unpaired) electrons. The number of halogens is 2. The van der Waals surface area contributed by atoms with E-state index in [0.29, 0.717) is 27.2 Å². The minimum absolute atomic E-state index is 0.187. The molecule has 1 unspecified atom stereocenters. The van der Waals surface area contributed by atoms with Gasteiger partial charge >= 0.3 is 0 Å². The average Bonchev–Trinajstić information content (AvgIpc) is 2.49. The third-order valence-electron chi connectivity index (χ3n) is 3.02. The standard InChI is InChI=1S/C17H16Cl2N2O3/c1-10(24-16-7-6-12(18)8-15(16)19)17(23)21-14-5-3-4-13(9-14)20-11(2)22/h3-10H,1-2H3,(H,20,22)(H,21,23). The van der Waals surface area contributed by atoms with Crippen molar-refractivity contribution in [2.45, 2.75) is 20.0 Å². The molecule has 2 amide bonds. The molecular weight excluding hydrogens is 351 g/mol. The number of benzene rings is 2. The molecule has 2 rings (SSSR count). The molecule has 2 aromatic carbocycles. The van der Waals surface area contributed by atoms with Crippen molar-refractivity contribution in [1.29, 1.82) is 0 Å². The van der Waals surface area contributed by atoms with Crippen molar-refractivity contribution in [3.05, 3.63) is 52.5 Å². The summed E-state index contributed by atoms with van der Waals surface area (Å²) in [5.41, 5.74) is 1.14. The second-order valence-electron chi connectivity index (χ2n) is 5.09. The van der Waals surface area contributed by atoms with Crippen LogP contribution < -0.4 is 15.4 Å². The zero-order chi connectivity index (χ0) is 17.7. The Labute approximate surface area is 149 Å². The van der Waals surface area contributed by atoms with Gasteiger partial charge in [-0.05, 0) is 43.3 Å². The van der Waals surface area contributed by atoms with Gasteiger partial charge in [0.2, 0.25) is 5.91 Å². The van der Waals surface area contributed by atoms with Gasteiger partial charge in [-0.2, -0.15) is 0 Å². The number of nitrogens with one attached hydrogen (secondary N) is 2. The van der Waals surface area contributed by atoms with E-state index in [1.807, 2.05) is 0 Å². The van der Waals surface area contributed by atoms with Crippen LogP contribution in [0.25, 0.3) is 0 Å². The van der Waals surface area contributed by atoms with E-state index in [4.69, 9.17) is 27.9 Å². The summed E-state index contributed by atoms with van der Waals surface area (Å²) in [4.78, 5) is 23.3. The largest absolute Gasteiger partial charge is 0.479 e. The van der Waals surface area contributed by atoms with E-state index in [2.05, 4.69) is 10.6 Å².